The van der Waals surface area contributed by atoms with Gasteiger partial charge in [-0.15, -0.1) is 11.3 Å². The standard InChI is InChI=1S/C20H24BrNO5S/c1-25-14-10-16(27-3)15(26-2)9-13(14)19(17-6-7-18(21)28-17)22-8-4-5-12(11-22)20(23)24/h6-7,9-10,12,19H,4-5,8,11H2,1-3H3,(H,23,24). The van der Waals surface area contributed by atoms with Crippen molar-refractivity contribution in [3.63, 3.8) is 0 Å². The molecule has 6 nitrogen and oxygen atoms in total. The lowest BCUT2D eigenvalue weighted by atomic mass is 9.93. The summed E-state index contributed by atoms with van der Waals surface area (Å²) in [4.78, 5) is 15.0. The first kappa shape index (κ1) is 21.0. The van der Waals surface area contributed by atoms with Crippen LogP contribution in [0.2, 0.25) is 0 Å². The number of hydrogen-bond acceptors (Lipinski definition) is 6. The van der Waals surface area contributed by atoms with Crippen molar-refractivity contribution in [1.29, 1.82) is 0 Å². The highest BCUT2D eigenvalue weighted by molar-refractivity contribution is 9.11. The molecule has 1 fully saturated rings. The summed E-state index contributed by atoms with van der Waals surface area (Å²) in [6, 6.07) is 7.70. The zero-order valence-electron chi connectivity index (χ0n) is 16.1. The number of carboxylic acids is 1. The molecule has 1 aliphatic rings. The van der Waals surface area contributed by atoms with Crippen LogP contribution < -0.4 is 14.2 Å². The summed E-state index contributed by atoms with van der Waals surface area (Å²) in [5.74, 6) is 0.785. The van der Waals surface area contributed by atoms with E-state index in [1.807, 2.05) is 18.2 Å². The average Bonchev–Trinajstić information content (AvgIpc) is 3.13. The van der Waals surface area contributed by atoms with Gasteiger partial charge in [0.25, 0.3) is 0 Å². The smallest absolute Gasteiger partial charge is 0.307 e. The topological polar surface area (TPSA) is 68.2 Å². The van der Waals surface area contributed by atoms with Crippen LogP contribution in [-0.2, 0) is 4.79 Å². The Morgan fingerprint density at radius 1 is 1.18 bits per heavy atom. The molecule has 2 unspecified atom stereocenters. The van der Waals surface area contributed by atoms with Crippen molar-refractivity contribution < 1.29 is 24.1 Å². The molecule has 2 heterocycles. The number of thiophene rings is 1. The maximum atomic E-state index is 11.6. The highest BCUT2D eigenvalue weighted by Gasteiger charge is 2.34. The Kier molecular flexibility index (Phi) is 6.85. The highest BCUT2D eigenvalue weighted by Crippen LogP contribution is 2.44. The van der Waals surface area contributed by atoms with Crippen LogP contribution in [0.15, 0.2) is 28.1 Å². The van der Waals surface area contributed by atoms with Crippen LogP contribution in [0.1, 0.15) is 29.3 Å². The van der Waals surface area contributed by atoms with E-state index in [1.54, 1.807) is 32.7 Å². The van der Waals surface area contributed by atoms with E-state index < -0.39 is 5.97 Å². The number of carbonyl (C=O) groups is 1. The van der Waals surface area contributed by atoms with Gasteiger partial charge in [-0.05, 0) is 53.5 Å². The minimum atomic E-state index is -0.741. The molecular formula is C20H24BrNO5S. The molecule has 1 aromatic carbocycles. The van der Waals surface area contributed by atoms with Crippen LogP contribution in [0.4, 0.5) is 0 Å². The Hall–Kier alpha value is -1.77. The van der Waals surface area contributed by atoms with Gasteiger partial charge in [0.05, 0.1) is 37.1 Å². The van der Waals surface area contributed by atoms with Gasteiger partial charge in [0.2, 0.25) is 0 Å². The van der Waals surface area contributed by atoms with Crippen molar-refractivity contribution in [1.82, 2.24) is 4.90 Å². The lowest BCUT2D eigenvalue weighted by Crippen LogP contribution is -2.41. The molecule has 2 aromatic rings. The van der Waals surface area contributed by atoms with Gasteiger partial charge < -0.3 is 19.3 Å². The van der Waals surface area contributed by atoms with E-state index in [0.29, 0.717) is 30.2 Å². The Morgan fingerprint density at radius 2 is 1.86 bits per heavy atom. The summed E-state index contributed by atoms with van der Waals surface area (Å²) in [7, 11) is 4.82. The summed E-state index contributed by atoms with van der Waals surface area (Å²) in [6.45, 7) is 1.31. The number of ether oxygens (including phenoxy) is 3. The van der Waals surface area contributed by atoms with Gasteiger partial charge in [-0.1, -0.05) is 0 Å². The molecule has 3 rings (SSSR count). The molecule has 1 aromatic heterocycles. The molecule has 0 spiro atoms. The van der Waals surface area contributed by atoms with Crippen LogP contribution in [-0.4, -0.2) is 50.4 Å². The predicted octanol–water partition coefficient (Wildman–Crippen LogP) is 4.42. The molecule has 2 atom stereocenters. The van der Waals surface area contributed by atoms with Gasteiger partial charge >= 0.3 is 5.97 Å². The number of likely N-dealkylation sites (tertiary alicyclic amines) is 1. The highest BCUT2D eigenvalue weighted by atomic mass is 79.9. The zero-order valence-corrected chi connectivity index (χ0v) is 18.5. The number of carboxylic acid groups (broad SMARTS) is 1. The van der Waals surface area contributed by atoms with Gasteiger partial charge in [-0.25, -0.2) is 0 Å². The van der Waals surface area contributed by atoms with E-state index in [2.05, 4.69) is 26.9 Å². The molecule has 8 heteroatoms. The van der Waals surface area contributed by atoms with E-state index in [1.165, 1.54) is 0 Å². The van der Waals surface area contributed by atoms with E-state index in [9.17, 15) is 9.90 Å². The Labute approximate surface area is 177 Å². The van der Waals surface area contributed by atoms with Crippen molar-refractivity contribution in [3.8, 4) is 17.2 Å². The number of halogens is 1. The fourth-order valence-electron chi connectivity index (χ4n) is 3.71. The first-order valence-corrected chi connectivity index (χ1v) is 10.6. The summed E-state index contributed by atoms with van der Waals surface area (Å²) >= 11 is 5.19. The third-order valence-electron chi connectivity index (χ3n) is 5.06. The first-order chi connectivity index (χ1) is 13.5. The van der Waals surface area contributed by atoms with Crippen LogP contribution >= 0.6 is 27.3 Å². The monoisotopic (exact) mass is 469 g/mol. The van der Waals surface area contributed by atoms with Crippen LogP contribution in [0, 0.1) is 5.92 Å². The van der Waals surface area contributed by atoms with Crippen molar-refractivity contribution in [3.05, 3.63) is 38.5 Å². The second-order valence-corrected chi connectivity index (χ2v) is 9.16. The molecule has 0 radical (unpaired) electrons. The fraction of sp³-hybridized carbons (Fsp3) is 0.450. The molecule has 0 bridgehead atoms. The summed E-state index contributed by atoms with van der Waals surface area (Å²) in [6.07, 6.45) is 1.55. The summed E-state index contributed by atoms with van der Waals surface area (Å²) < 4.78 is 17.6. The SMILES string of the molecule is COc1cc(OC)c(C(c2ccc(Br)s2)N2CCCC(C(=O)O)C2)cc1OC. The molecule has 1 N–H and O–H groups in total. The normalized spacial score (nSPS) is 18.5. The largest absolute Gasteiger partial charge is 0.496 e. The summed E-state index contributed by atoms with van der Waals surface area (Å²) in [5, 5.41) is 9.54. The second kappa shape index (κ2) is 9.15. The number of methoxy groups -OCH3 is 3. The molecule has 152 valence electrons. The molecular weight excluding hydrogens is 446 g/mol. The summed E-state index contributed by atoms with van der Waals surface area (Å²) in [5.41, 5.74) is 0.931. The number of hydrogen-bond donors (Lipinski definition) is 1. The van der Waals surface area contributed by atoms with E-state index in [4.69, 9.17) is 14.2 Å². The number of benzene rings is 1. The fourth-order valence-corrected chi connectivity index (χ4v) is 5.29. The number of aliphatic carboxylic acids is 1. The van der Waals surface area contributed by atoms with Crippen LogP contribution in [0.25, 0.3) is 0 Å². The van der Waals surface area contributed by atoms with Gasteiger partial charge in [0, 0.05) is 23.1 Å². The first-order valence-electron chi connectivity index (χ1n) is 9.00. The van der Waals surface area contributed by atoms with Crippen LogP contribution in [0.3, 0.4) is 0 Å². The predicted molar refractivity (Wildman–Crippen MR) is 112 cm³/mol. The van der Waals surface area contributed by atoms with Gasteiger partial charge in [-0.3, -0.25) is 9.69 Å². The van der Waals surface area contributed by atoms with Crippen LogP contribution in [0.5, 0.6) is 17.2 Å². The van der Waals surface area contributed by atoms with Crippen molar-refractivity contribution in [2.45, 2.75) is 18.9 Å². The molecule has 0 saturated carbocycles. The minimum absolute atomic E-state index is 0.131. The molecule has 1 aliphatic heterocycles. The van der Waals surface area contributed by atoms with Gasteiger partial charge in [0.1, 0.15) is 5.75 Å². The van der Waals surface area contributed by atoms with Crippen molar-refractivity contribution in [2.75, 3.05) is 34.4 Å². The number of piperidine rings is 1. The maximum Gasteiger partial charge on any atom is 0.307 e. The molecule has 28 heavy (non-hydrogen) atoms. The Morgan fingerprint density at radius 3 is 2.43 bits per heavy atom. The van der Waals surface area contributed by atoms with E-state index in [-0.39, 0.29) is 12.0 Å². The minimum Gasteiger partial charge on any atom is -0.496 e. The Bertz CT molecular complexity index is 840. The quantitative estimate of drug-likeness (QED) is 0.646. The lowest BCUT2D eigenvalue weighted by Gasteiger charge is -2.37. The Balaban J connectivity index is 2.11. The van der Waals surface area contributed by atoms with Gasteiger partial charge in [0.15, 0.2) is 11.5 Å². The van der Waals surface area contributed by atoms with E-state index in [0.717, 1.165) is 27.2 Å². The maximum absolute atomic E-state index is 11.6. The van der Waals surface area contributed by atoms with Gasteiger partial charge in [-0.2, -0.15) is 0 Å². The van der Waals surface area contributed by atoms with Crippen molar-refractivity contribution in [2.24, 2.45) is 5.92 Å². The molecule has 1 saturated heterocycles. The van der Waals surface area contributed by atoms with Crippen molar-refractivity contribution >= 4 is 33.2 Å². The average molecular weight is 470 g/mol. The lowest BCUT2D eigenvalue weighted by molar-refractivity contribution is -0.143. The number of rotatable bonds is 7. The zero-order chi connectivity index (χ0) is 20.3. The number of nitrogens with zero attached hydrogens (tertiary/aromatic N) is 1. The molecule has 0 aliphatic carbocycles. The second-order valence-electron chi connectivity index (χ2n) is 6.67. The van der Waals surface area contributed by atoms with E-state index >= 15 is 0 Å². The third kappa shape index (κ3) is 4.29. The molecule has 0 amide bonds. The third-order valence-corrected chi connectivity index (χ3v) is 6.74.